The van der Waals surface area contributed by atoms with E-state index in [2.05, 4.69) is 60.5 Å². The lowest BCUT2D eigenvalue weighted by atomic mass is 10.0. The zero-order valence-electron chi connectivity index (χ0n) is 19.7. The molecule has 0 aromatic heterocycles. The van der Waals surface area contributed by atoms with Crippen molar-refractivity contribution in [1.82, 2.24) is 9.80 Å². The van der Waals surface area contributed by atoms with Crippen LogP contribution < -0.4 is 0 Å². The van der Waals surface area contributed by atoms with E-state index in [1.54, 1.807) is 11.7 Å². The van der Waals surface area contributed by atoms with Crippen molar-refractivity contribution in [2.24, 2.45) is 0 Å². The Balaban J connectivity index is 0.000000162. The molecule has 28 heavy (non-hydrogen) atoms. The van der Waals surface area contributed by atoms with Crippen LogP contribution in [0, 0.1) is 0 Å². The molecule has 0 spiro atoms. The largest absolute Gasteiger partial charge is 0.266 e. The van der Waals surface area contributed by atoms with Crippen molar-refractivity contribution in [2.45, 2.75) is 104 Å². The molecule has 0 N–H and O–H groups in total. The van der Waals surface area contributed by atoms with Crippen LogP contribution in [0.3, 0.4) is 0 Å². The van der Waals surface area contributed by atoms with Crippen LogP contribution >= 0.6 is 0 Å². The summed E-state index contributed by atoms with van der Waals surface area (Å²) in [6, 6.07) is 0. The fourth-order valence-electron chi connectivity index (χ4n) is 5.40. The second-order valence-corrected chi connectivity index (χ2v) is 11.1. The Kier molecular flexibility index (Phi) is 6.76. The lowest BCUT2D eigenvalue weighted by Gasteiger charge is -2.35. The maximum Gasteiger partial charge on any atom is 0.247 e. The molecule has 0 aliphatic carbocycles. The predicted octanol–water partition coefficient (Wildman–Crippen LogP) is 4.17. The Bertz CT molecular complexity index is 603. The van der Waals surface area contributed by atoms with Gasteiger partial charge in [0.25, 0.3) is 0 Å². The summed E-state index contributed by atoms with van der Waals surface area (Å²) in [6.07, 6.45) is 10.8. The van der Waals surface area contributed by atoms with Crippen molar-refractivity contribution in [1.29, 1.82) is 0 Å². The first kappa shape index (κ1) is 21.6. The molecular weight excluding hydrogens is 344 g/mol. The van der Waals surface area contributed by atoms with E-state index < -0.39 is 0 Å². The molecule has 4 rings (SSSR count). The second kappa shape index (κ2) is 8.75. The molecule has 160 valence electrons. The van der Waals surface area contributed by atoms with Crippen LogP contribution in [0.5, 0.6) is 0 Å². The van der Waals surface area contributed by atoms with Gasteiger partial charge in [-0.05, 0) is 67.2 Å². The minimum absolute atomic E-state index is 0.304. The highest BCUT2D eigenvalue weighted by Gasteiger charge is 2.38. The van der Waals surface area contributed by atoms with Crippen molar-refractivity contribution < 1.29 is 9.15 Å². The number of hydrogen-bond donors (Lipinski definition) is 0. The quantitative estimate of drug-likeness (QED) is 0.576. The second-order valence-electron chi connectivity index (χ2n) is 11.1. The molecule has 4 heteroatoms. The Labute approximate surface area is 174 Å². The van der Waals surface area contributed by atoms with Crippen LogP contribution in [0.4, 0.5) is 0 Å². The molecule has 0 atom stereocenters. The molecule has 4 aliphatic heterocycles. The zero-order valence-corrected chi connectivity index (χ0v) is 19.7. The molecule has 0 saturated heterocycles. The standard InChI is InChI=1S/C13H25N2.C11H21N2/c1-13(2,3)15-11-7-10-14-9-6-4-5-8-12(14)15;1-11(2,3)13-9-5-8-12-7-4-6-10(12)13/h4-11H2,1-3H3;4-9H2,1-3H3/q2*+1. The molecule has 0 unspecified atom stereocenters. The van der Waals surface area contributed by atoms with Crippen molar-refractivity contribution in [3.05, 3.63) is 0 Å². The maximum atomic E-state index is 2.64. The van der Waals surface area contributed by atoms with E-state index in [0.29, 0.717) is 11.1 Å². The Hall–Kier alpha value is -1.06. The molecular formula is C24H46N4+2. The van der Waals surface area contributed by atoms with E-state index in [0.717, 1.165) is 0 Å². The molecule has 0 amide bonds. The average Bonchev–Trinajstić information content (AvgIpc) is 2.97. The number of rotatable bonds is 0. The Morgan fingerprint density at radius 2 is 0.964 bits per heavy atom. The van der Waals surface area contributed by atoms with E-state index in [-0.39, 0.29) is 0 Å². The molecule has 0 bridgehead atoms. The SMILES string of the molecule is CC(C)(C)N1CCC[N+]2=C1CCC2.CC(C)(C)N1CCC[N+]2=C1CCCCC2. The van der Waals surface area contributed by atoms with Gasteiger partial charge in [0.05, 0.1) is 56.8 Å². The summed E-state index contributed by atoms with van der Waals surface area (Å²) in [4.78, 5) is 5.24. The minimum atomic E-state index is 0.304. The topological polar surface area (TPSA) is 12.5 Å². The van der Waals surface area contributed by atoms with Gasteiger partial charge in [0.1, 0.15) is 0 Å². The van der Waals surface area contributed by atoms with E-state index in [1.807, 2.05) is 0 Å². The highest BCUT2D eigenvalue weighted by molar-refractivity contribution is 5.79. The summed E-state index contributed by atoms with van der Waals surface area (Å²) in [7, 11) is 0. The van der Waals surface area contributed by atoms with Gasteiger partial charge in [-0.1, -0.05) is 0 Å². The summed E-state index contributed by atoms with van der Waals surface area (Å²) in [6.45, 7) is 21.7. The first-order chi connectivity index (χ1) is 13.2. The molecule has 0 saturated carbocycles. The Morgan fingerprint density at radius 3 is 1.46 bits per heavy atom. The molecule has 0 aromatic rings. The summed E-state index contributed by atoms with van der Waals surface area (Å²) >= 11 is 0. The van der Waals surface area contributed by atoms with Gasteiger partial charge in [-0.15, -0.1) is 0 Å². The van der Waals surface area contributed by atoms with Gasteiger partial charge in [-0.25, -0.2) is 0 Å². The highest BCUT2D eigenvalue weighted by atomic mass is 15.3. The normalized spacial score (nSPS) is 23.8. The number of nitrogens with zero attached hydrogens (tertiary/aromatic N) is 4. The first-order valence-electron chi connectivity index (χ1n) is 11.9. The van der Waals surface area contributed by atoms with E-state index >= 15 is 0 Å². The monoisotopic (exact) mass is 390 g/mol. The smallest absolute Gasteiger partial charge is 0.247 e. The first-order valence-corrected chi connectivity index (χ1v) is 11.9. The Morgan fingerprint density at radius 1 is 0.536 bits per heavy atom. The van der Waals surface area contributed by atoms with Crippen LogP contribution in [-0.4, -0.2) is 81.0 Å². The summed E-state index contributed by atoms with van der Waals surface area (Å²) < 4.78 is 5.22. The van der Waals surface area contributed by atoms with Gasteiger partial charge in [-0.3, -0.25) is 19.0 Å². The van der Waals surface area contributed by atoms with Crippen LogP contribution in [0.2, 0.25) is 0 Å². The van der Waals surface area contributed by atoms with E-state index in [1.165, 1.54) is 90.6 Å². The number of amidine groups is 2. The van der Waals surface area contributed by atoms with Gasteiger partial charge in [0, 0.05) is 19.3 Å². The molecule has 4 heterocycles. The molecule has 0 fully saturated rings. The predicted molar refractivity (Wildman–Crippen MR) is 120 cm³/mol. The van der Waals surface area contributed by atoms with Crippen LogP contribution in [0.25, 0.3) is 0 Å². The molecule has 4 aliphatic rings. The van der Waals surface area contributed by atoms with Crippen LogP contribution in [0.1, 0.15) is 92.9 Å². The third-order valence-electron chi connectivity index (χ3n) is 6.75. The van der Waals surface area contributed by atoms with Gasteiger partial charge >= 0.3 is 0 Å². The highest BCUT2D eigenvalue weighted by Crippen LogP contribution is 2.23. The fourth-order valence-corrected chi connectivity index (χ4v) is 5.40. The van der Waals surface area contributed by atoms with Gasteiger partial charge in [0.2, 0.25) is 11.7 Å². The third-order valence-corrected chi connectivity index (χ3v) is 6.75. The summed E-state index contributed by atoms with van der Waals surface area (Å²) in [5.74, 6) is 3.24. The minimum Gasteiger partial charge on any atom is -0.266 e. The van der Waals surface area contributed by atoms with Crippen molar-refractivity contribution in [3.8, 4) is 0 Å². The van der Waals surface area contributed by atoms with Gasteiger partial charge < -0.3 is 0 Å². The van der Waals surface area contributed by atoms with Gasteiger partial charge in [0.15, 0.2) is 0 Å². The van der Waals surface area contributed by atoms with Crippen molar-refractivity contribution >= 4 is 11.7 Å². The van der Waals surface area contributed by atoms with Crippen LogP contribution in [0.15, 0.2) is 0 Å². The van der Waals surface area contributed by atoms with Crippen LogP contribution in [-0.2, 0) is 0 Å². The van der Waals surface area contributed by atoms with Crippen molar-refractivity contribution in [2.75, 3.05) is 39.3 Å². The van der Waals surface area contributed by atoms with Crippen molar-refractivity contribution in [3.63, 3.8) is 0 Å². The summed E-state index contributed by atoms with van der Waals surface area (Å²) in [5.41, 5.74) is 0.622. The molecule has 4 nitrogen and oxygen atoms in total. The summed E-state index contributed by atoms with van der Waals surface area (Å²) in [5, 5.41) is 0. The maximum absolute atomic E-state index is 2.64. The van der Waals surface area contributed by atoms with E-state index in [4.69, 9.17) is 0 Å². The molecule has 0 radical (unpaired) electrons. The molecule has 0 aromatic carbocycles. The van der Waals surface area contributed by atoms with E-state index in [9.17, 15) is 0 Å². The number of hydrogen-bond acceptors (Lipinski definition) is 2. The zero-order chi connectivity index (χ0) is 20.4. The lowest BCUT2D eigenvalue weighted by Crippen LogP contribution is -2.52. The third kappa shape index (κ3) is 5.10. The lowest BCUT2D eigenvalue weighted by molar-refractivity contribution is -0.540. The fraction of sp³-hybridized carbons (Fsp3) is 0.917. The average molecular weight is 391 g/mol. The van der Waals surface area contributed by atoms with Gasteiger partial charge in [-0.2, -0.15) is 0 Å².